The molecule has 1 saturated heterocycles. The predicted octanol–water partition coefficient (Wildman–Crippen LogP) is 4.94. The van der Waals surface area contributed by atoms with Gasteiger partial charge in [-0.2, -0.15) is 5.10 Å². The molecule has 0 amide bonds. The minimum atomic E-state index is 0.492. The summed E-state index contributed by atoms with van der Waals surface area (Å²) >= 11 is 0. The van der Waals surface area contributed by atoms with Crippen molar-refractivity contribution in [3.05, 3.63) is 24.3 Å². The molecule has 0 radical (unpaired) electrons. The van der Waals surface area contributed by atoms with Gasteiger partial charge in [-0.05, 0) is 75.9 Å². The molecule has 1 unspecified atom stereocenters. The molecular weight excluding hydrogens is 322 g/mol. The number of hydrogen-bond acceptors (Lipinski definition) is 4. The Morgan fingerprint density at radius 3 is 2.54 bits per heavy atom. The molecule has 1 aromatic rings. The van der Waals surface area contributed by atoms with Crippen molar-refractivity contribution in [1.29, 1.82) is 0 Å². The van der Waals surface area contributed by atoms with Gasteiger partial charge >= 0.3 is 0 Å². The van der Waals surface area contributed by atoms with E-state index < -0.39 is 0 Å². The van der Waals surface area contributed by atoms with Gasteiger partial charge < -0.3 is 9.64 Å². The molecule has 3 rings (SSSR count). The molecule has 0 saturated carbocycles. The van der Waals surface area contributed by atoms with Crippen molar-refractivity contribution in [1.82, 2.24) is 4.90 Å². The first-order valence-electron chi connectivity index (χ1n) is 10.4. The highest BCUT2D eigenvalue weighted by atomic mass is 16.5. The zero-order valence-corrected chi connectivity index (χ0v) is 16.8. The van der Waals surface area contributed by atoms with E-state index in [1.807, 2.05) is 0 Å². The lowest BCUT2D eigenvalue weighted by atomic mass is 10.00. The maximum absolute atomic E-state index is 5.95. The number of hydrazone groups is 1. The van der Waals surface area contributed by atoms with Crippen LogP contribution in [0.1, 0.15) is 59.3 Å². The zero-order chi connectivity index (χ0) is 18.4. The van der Waals surface area contributed by atoms with Crippen molar-refractivity contribution >= 4 is 11.4 Å². The van der Waals surface area contributed by atoms with Crippen LogP contribution in [0.25, 0.3) is 0 Å². The summed E-state index contributed by atoms with van der Waals surface area (Å²) in [6.45, 7) is 11.2. The Labute approximate surface area is 159 Å². The number of ether oxygens (including phenoxy) is 1. The van der Waals surface area contributed by atoms with Crippen LogP contribution in [-0.2, 0) is 0 Å². The fraction of sp³-hybridized carbons (Fsp3) is 0.682. The van der Waals surface area contributed by atoms with E-state index in [-0.39, 0.29) is 0 Å². The van der Waals surface area contributed by atoms with Crippen LogP contribution in [0.3, 0.4) is 0 Å². The molecule has 1 atom stereocenters. The second-order valence-electron chi connectivity index (χ2n) is 8.27. The first kappa shape index (κ1) is 19.2. The van der Waals surface area contributed by atoms with Crippen LogP contribution in [0.2, 0.25) is 0 Å². The summed E-state index contributed by atoms with van der Waals surface area (Å²) in [4.78, 5) is 2.57. The molecule has 0 aliphatic carbocycles. The Balaban J connectivity index is 1.46. The van der Waals surface area contributed by atoms with E-state index in [0.717, 1.165) is 31.7 Å². The van der Waals surface area contributed by atoms with Crippen molar-refractivity contribution < 1.29 is 4.74 Å². The van der Waals surface area contributed by atoms with E-state index in [0.29, 0.717) is 12.0 Å². The van der Waals surface area contributed by atoms with Gasteiger partial charge in [-0.15, -0.1) is 0 Å². The van der Waals surface area contributed by atoms with Crippen LogP contribution >= 0.6 is 0 Å². The van der Waals surface area contributed by atoms with Crippen molar-refractivity contribution in [2.45, 2.75) is 65.3 Å². The Bertz CT molecular complexity index is 576. The molecule has 2 aliphatic rings. The van der Waals surface area contributed by atoms with Crippen molar-refractivity contribution in [2.75, 3.05) is 31.3 Å². The maximum Gasteiger partial charge on any atom is 0.119 e. The van der Waals surface area contributed by atoms with Gasteiger partial charge in [0, 0.05) is 18.7 Å². The van der Waals surface area contributed by atoms with E-state index in [2.05, 4.69) is 54.9 Å². The first-order chi connectivity index (χ1) is 12.6. The van der Waals surface area contributed by atoms with Crippen molar-refractivity contribution in [3.8, 4) is 5.75 Å². The lowest BCUT2D eigenvalue weighted by molar-refractivity contribution is 0.205. The maximum atomic E-state index is 5.95. The molecule has 2 aliphatic heterocycles. The molecule has 144 valence electrons. The average molecular weight is 358 g/mol. The number of hydrogen-bond donors (Lipinski definition) is 0. The normalized spacial score (nSPS) is 21.3. The number of anilines is 1. The van der Waals surface area contributed by atoms with Gasteiger partial charge in [-0.1, -0.05) is 20.3 Å². The first-order valence-corrected chi connectivity index (χ1v) is 10.4. The molecule has 4 heteroatoms. The fourth-order valence-corrected chi connectivity index (χ4v) is 4.09. The van der Waals surface area contributed by atoms with Crippen LogP contribution in [-0.4, -0.2) is 42.9 Å². The summed E-state index contributed by atoms with van der Waals surface area (Å²) in [5.41, 5.74) is 2.40. The van der Waals surface area contributed by atoms with E-state index in [1.165, 1.54) is 50.2 Å². The van der Waals surface area contributed by atoms with Gasteiger partial charge in [-0.3, -0.25) is 5.01 Å². The third kappa shape index (κ3) is 5.47. The summed E-state index contributed by atoms with van der Waals surface area (Å²) in [5, 5.41) is 6.96. The van der Waals surface area contributed by atoms with Gasteiger partial charge in [0.1, 0.15) is 5.75 Å². The van der Waals surface area contributed by atoms with Crippen LogP contribution in [0.4, 0.5) is 5.69 Å². The smallest absolute Gasteiger partial charge is 0.119 e. The number of benzene rings is 1. The van der Waals surface area contributed by atoms with Gasteiger partial charge in [0.05, 0.1) is 18.3 Å². The molecule has 1 fully saturated rings. The number of nitrogens with zero attached hydrogens (tertiary/aromatic N) is 3. The summed E-state index contributed by atoms with van der Waals surface area (Å²) in [6, 6.07) is 8.97. The summed E-state index contributed by atoms with van der Waals surface area (Å²) in [7, 11) is 0. The third-order valence-electron chi connectivity index (χ3n) is 5.34. The fourth-order valence-electron chi connectivity index (χ4n) is 4.09. The molecule has 0 spiro atoms. The Morgan fingerprint density at radius 1 is 1.12 bits per heavy atom. The minimum absolute atomic E-state index is 0.492. The zero-order valence-electron chi connectivity index (χ0n) is 16.8. The van der Waals surface area contributed by atoms with Gasteiger partial charge in [-0.25, -0.2) is 0 Å². The highest BCUT2D eigenvalue weighted by Crippen LogP contribution is 2.29. The average Bonchev–Trinajstić information content (AvgIpc) is 2.99. The molecular formula is C22H35N3O. The van der Waals surface area contributed by atoms with E-state index in [1.54, 1.807) is 0 Å². The lowest BCUT2D eigenvalue weighted by Crippen LogP contribution is -2.31. The van der Waals surface area contributed by atoms with Crippen LogP contribution in [0, 0.1) is 5.92 Å². The van der Waals surface area contributed by atoms with E-state index in [9.17, 15) is 0 Å². The van der Waals surface area contributed by atoms with Gasteiger partial charge in [0.25, 0.3) is 0 Å². The van der Waals surface area contributed by atoms with Crippen LogP contribution in [0.15, 0.2) is 29.4 Å². The summed E-state index contributed by atoms with van der Waals surface area (Å²) in [6.07, 6.45) is 7.48. The SMILES string of the molecule is CC1=NN(c2ccc(OCCCN3CCCCC3)cc2)C(CC(C)C)C1. The Hall–Kier alpha value is -1.55. The van der Waals surface area contributed by atoms with Crippen molar-refractivity contribution in [2.24, 2.45) is 11.0 Å². The molecule has 0 N–H and O–H groups in total. The Morgan fingerprint density at radius 2 is 1.85 bits per heavy atom. The second kappa shape index (κ2) is 9.40. The van der Waals surface area contributed by atoms with Crippen LogP contribution in [0.5, 0.6) is 5.75 Å². The molecule has 2 heterocycles. The van der Waals surface area contributed by atoms with Gasteiger partial charge in [0.15, 0.2) is 0 Å². The highest BCUT2D eigenvalue weighted by Gasteiger charge is 2.26. The molecule has 26 heavy (non-hydrogen) atoms. The Kier molecular flexibility index (Phi) is 6.95. The topological polar surface area (TPSA) is 28.1 Å². The molecule has 0 bridgehead atoms. The molecule has 0 aromatic heterocycles. The number of rotatable bonds is 8. The highest BCUT2D eigenvalue weighted by molar-refractivity contribution is 5.86. The molecule has 1 aromatic carbocycles. The van der Waals surface area contributed by atoms with Crippen LogP contribution < -0.4 is 9.75 Å². The number of piperidine rings is 1. The largest absolute Gasteiger partial charge is 0.494 e. The monoisotopic (exact) mass is 357 g/mol. The van der Waals surface area contributed by atoms with Crippen molar-refractivity contribution in [3.63, 3.8) is 0 Å². The van der Waals surface area contributed by atoms with Gasteiger partial charge in [0.2, 0.25) is 0 Å². The van der Waals surface area contributed by atoms with E-state index in [4.69, 9.17) is 9.84 Å². The lowest BCUT2D eigenvalue weighted by Gasteiger charge is -2.26. The predicted molar refractivity (Wildman–Crippen MR) is 110 cm³/mol. The molecule has 4 nitrogen and oxygen atoms in total. The quantitative estimate of drug-likeness (QED) is 0.617. The van der Waals surface area contributed by atoms with E-state index >= 15 is 0 Å². The minimum Gasteiger partial charge on any atom is -0.494 e. The third-order valence-corrected chi connectivity index (χ3v) is 5.34. The standard InChI is InChI=1S/C22H35N3O/c1-18(2)16-21-17-19(3)23-25(21)20-8-10-22(11-9-20)26-15-7-14-24-12-5-4-6-13-24/h8-11,18,21H,4-7,12-17H2,1-3H3. The second-order valence-corrected chi connectivity index (χ2v) is 8.27. The summed E-state index contributed by atoms with van der Waals surface area (Å²) in [5.74, 6) is 1.65. The number of likely N-dealkylation sites (tertiary alicyclic amines) is 1. The summed E-state index contributed by atoms with van der Waals surface area (Å²) < 4.78 is 5.95.